The molecule has 3 aliphatic rings. The summed E-state index contributed by atoms with van der Waals surface area (Å²) < 4.78 is 0. The summed E-state index contributed by atoms with van der Waals surface area (Å²) in [6.07, 6.45) is 7.79. The van der Waals surface area contributed by atoms with Gasteiger partial charge in [-0.25, -0.2) is 0 Å². The van der Waals surface area contributed by atoms with Gasteiger partial charge < -0.3 is 16.0 Å². The number of nitrogens with zero attached hydrogens (tertiary/aromatic N) is 1. The number of hydrogen-bond acceptors (Lipinski definition) is 5. The SMILES string of the molecule is O=C(NCC1CC1)c1c(NC(=O)C2CC2)sc2c1CC(C(=O)Nc1ccc3[nH]ncc3c1)CC2. The van der Waals surface area contributed by atoms with E-state index in [1.807, 2.05) is 18.2 Å². The Morgan fingerprint density at radius 3 is 2.65 bits per heavy atom. The highest BCUT2D eigenvalue weighted by molar-refractivity contribution is 7.17. The first-order valence-corrected chi connectivity index (χ1v) is 12.8. The van der Waals surface area contributed by atoms with Crippen molar-refractivity contribution in [3.63, 3.8) is 0 Å². The predicted molar refractivity (Wildman–Crippen MR) is 131 cm³/mol. The second kappa shape index (κ2) is 8.54. The maximum Gasteiger partial charge on any atom is 0.254 e. The molecule has 3 aliphatic carbocycles. The van der Waals surface area contributed by atoms with Crippen LogP contribution in [0.4, 0.5) is 10.7 Å². The van der Waals surface area contributed by atoms with Gasteiger partial charge in [0.15, 0.2) is 0 Å². The van der Waals surface area contributed by atoms with Crippen LogP contribution in [0, 0.1) is 17.8 Å². The number of benzene rings is 1. The molecule has 34 heavy (non-hydrogen) atoms. The van der Waals surface area contributed by atoms with Crippen molar-refractivity contribution in [2.45, 2.75) is 44.9 Å². The summed E-state index contributed by atoms with van der Waals surface area (Å²) in [7, 11) is 0. The van der Waals surface area contributed by atoms with E-state index in [-0.39, 0.29) is 29.6 Å². The van der Waals surface area contributed by atoms with Crippen LogP contribution in [0.15, 0.2) is 24.4 Å². The molecule has 3 aromatic rings. The van der Waals surface area contributed by atoms with Crippen molar-refractivity contribution in [1.82, 2.24) is 15.5 Å². The van der Waals surface area contributed by atoms with E-state index in [1.165, 1.54) is 11.3 Å². The lowest BCUT2D eigenvalue weighted by Gasteiger charge is -2.22. The number of H-pyrrole nitrogens is 1. The Morgan fingerprint density at radius 2 is 1.85 bits per heavy atom. The smallest absolute Gasteiger partial charge is 0.254 e. The summed E-state index contributed by atoms with van der Waals surface area (Å²) in [4.78, 5) is 39.9. The molecule has 2 heterocycles. The second-order valence-electron chi connectivity index (χ2n) is 9.73. The van der Waals surface area contributed by atoms with Crippen LogP contribution in [0.3, 0.4) is 0 Å². The highest BCUT2D eigenvalue weighted by Gasteiger charge is 2.35. The molecule has 8 nitrogen and oxygen atoms in total. The van der Waals surface area contributed by atoms with Gasteiger partial charge in [0.25, 0.3) is 5.91 Å². The Bertz CT molecular complexity index is 1290. The van der Waals surface area contributed by atoms with Crippen LogP contribution >= 0.6 is 11.3 Å². The Kier molecular flexibility index (Phi) is 5.36. The molecule has 6 rings (SSSR count). The lowest BCUT2D eigenvalue weighted by molar-refractivity contribution is -0.120. The maximum absolute atomic E-state index is 13.2. The quantitative estimate of drug-likeness (QED) is 0.414. The Labute approximate surface area is 200 Å². The number of anilines is 2. The van der Waals surface area contributed by atoms with Crippen LogP contribution < -0.4 is 16.0 Å². The van der Waals surface area contributed by atoms with Crippen LogP contribution in [0.5, 0.6) is 0 Å². The van der Waals surface area contributed by atoms with Crippen molar-refractivity contribution in [3.05, 3.63) is 40.4 Å². The minimum absolute atomic E-state index is 0.00114. The van der Waals surface area contributed by atoms with E-state index in [4.69, 9.17) is 0 Å². The van der Waals surface area contributed by atoms with Crippen LogP contribution in [0.2, 0.25) is 0 Å². The Balaban J connectivity index is 1.22. The third-order valence-corrected chi connectivity index (χ3v) is 8.21. The highest BCUT2D eigenvalue weighted by Crippen LogP contribution is 2.41. The van der Waals surface area contributed by atoms with Gasteiger partial charge in [-0.05, 0) is 74.6 Å². The number of nitrogens with one attached hydrogen (secondary N) is 4. The number of fused-ring (bicyclic) bond motifs is 2. The third kappa shape index (κ3) is 4.32. The molecule has 0 aliphatic heterocycles. The summed E-state index contributed by atoms with van der Waals surface area (Å²) in [6, 6.07) is 5.66. The summed E-state index contributed by atoms with van der Waals surface area (Å²) in [6.45, 7) is 0.667. The molecule has 9 heteroatoms. The molecule has 0 saturated heterocycles. The fraction of sp³-hybridized carbons (Fsp3) is 0.440. The standard InChI is InChI=1S/C25H27N5O3S/c31-22(14-3-4-14)29-25-21(24(33)26-11-13-1-2-13)18-10-15(5-8-20(18)34-25)23(32)28-17-6-7-19-16(9-17)12-27-30-19/h6-7,9,12-15H,1-5,8,10-11H2,(H,26,33)(H,27,30)(H,28,32)(H,29,31). The minimum atomic E-state index is -0.232. The first-order chi connectivity index (χ1) is 16.5. The van der Waals surface area contributed by atoms with Crippen LogP contribution in [-0.2, 0) is 22.4 Å². The molecule has 2 saturated carbocycles. The van der Waals surface area contributed by atoms with Crippen molar-refractivity contribution in [2.24, 2.45) is 17.8 Å². The van der Waals surface area contributed by atoms with Gasteiger partial charge in [0.05, 0.1) is 17.3 Å². The zero-order chi connectivity index (χ0) is 23.2. The van der Waals surface area contributed by atoms with Crippen molar-refractivity contribution < 1.29 is 14.4 Å². The molecule has 1 atom stereocenters. The van der Waals surface area contributed by atoms with Crippen molar-refractivity contribution in [1.29, 1.82) is 0 Å². The molecule has 0 radical (unpaired) electrons. The third-order valence-electron chi connectivity index (χ3n) is 7.00. The van der Waals surface area contributed by atoms with Crippen LogP contribution in [0.25, 0.3) is 10.9 Å². The molecule has 176 valence electrons. The zero-order valence-corrected chi connectivity index (χ0v) is 19.6. The molecule has 2 aromatic heterocycles. The van der Waals surface area contributed by atoms with E-state index in [1.54, 1.807) is 6.20 Å². The van der Waals surface area contributed by atoms with Crippen molar-refractivity contribution in [3.8, 4) is 0 Å². The minimum Gasteiger partial charge on any atom is -0.352 e. The maximum atomic E-state index is 13.2. The summed E-state index contributed by atoms with van der Waals surface area (Å²) >= 11 is 1.50. The van der Waals surface area contributed by atoms with Gasteiger partial charge in [-0.1, -0.05) is 0 Å². The molecule has 2 fully saturated rings. The molecule has 3 amide bonds. The van der Waals surface area contributed by atoms with E-state index in [0.717, 1.165) is 59.1 Å². The number of carbonyl (C=O) groups is 3. The van der Waals surface area contributed by atoms with Gasteiger partial charge in [0, 0.05) is 34.3 Å². The number of aromatic nitrogens is 2. The van der Waals surface area contributed by atoms with Gasteiger partial charge in [-0.2, -0.15) is 5.10 Å². The molecule has 1 unspecified atom stereocenters. The zero-order valence-electron chi connectivity index (χ0n) is 18.8. The number of aryl methyl sites for hydroxylation is 1. The van der Waals surface area contributed by atoms with E-state index < -0.39 is 0 Å². The Morgan fingerprint density at radius 1 is 1.03 bits per heavy atom. The molecular formula is C25H27N5O3S. The summed E-state index contributed by atoms with van der Waals surface area (Å²) in [5, 5.41) is 17.6. The van der Waals surface area contributed by atoms with Crippen LogP contribution in [0.1, 0.15) is 52.9 Å². The predicted octanol–water partition coefficient (Wildman–Crippen LogP) is 3.86. The van der Waals surface area contributed by atoms with Gasteiger partial charge >= 0.3 is 0 Å². The lowest BCUT2D eigenvalue weighted by Crippen LogP contribution is -2.31. The highest BCUT2D eigenvalue weighted by atomic mass is 32.1. The number of hydrogen-bond donors (Lipinski definition) is 4. The van der Waals surface area contributed by atoms with Crippen molar-refractivity contribution >= 4 is 50.6 Å². The van der Waals surface area contributed by atoms with Gasteiger partial charge in [-0.15, -0.1) is 11.3 Å². The first-order valence-electron chi connectivity index (χ1n) is 12.0. The first kappa shape index (κ1) is 21.3. The largest absolute Gasteiger partial charge is 0.352 e. The normalized spacial score (nSPS) is 19.5. The average Bonchev–Trinajstić information content (AvgIpc) is 3.76. The topological polar surface area (TPSA) is 116 Å². The molecule has 0 spiro atoms. The van der Waals surface area contributed by atoms with Gasteiger partial charge in [-0.3, -0.25) is 19.5 Å². The average molecular weight is 478 g/mol. The molecule has 1 aromatic carbocycles. The van der Waals surface area contributed by atoms with E-state index >= 15 is 0 Å². The second-order valence-corrected chi connectivity index (χ2v) is 10.8. The lowest BCUT2D eigenvalue weighted by atomic mass is 9.85. The van der Waals surface area contributed by atoms with E-state index in [2.05, 4.69) is 26.1 Å². The summed E-state index contributed by atoms with van der Waals surface area (Å²) in [5.41, 5.74) is 3.13. The monoisotopic (exact) mass is 477 g/mol. The van der Waals surface area contributed by atoms with Gasteiger partial charge in [0.1, 0.15) is 5.00 Å². The van der Waals surface area contributed by atoms with Gasteiger partial charge in [0.2, 0.25) is 11.8 Å². The molecule has 4 N–H and O–H groups in total. The number of rotatable bonds is 7. The number of thiophene rings is 1. The fourth-order valence-corrected chi connectivity index (χ4v) is 5.85. The fourth-order valence-electron chi connectivity index (χ4n) is 4.61. The number of amides is 3. The Hall–Kier alpha value is -3.20. The number of carbonyl (C=O) groups excluding carboxylic acids is 3. The van der Waals surface area contributed by atoms with Crippen LogP contribution in [-0.4, -0.2) is 34.5 Å². The summed E-state index contributed by atoms with van der Waals surface area (Å²) in [5.74, 6) is 0.207. The number of aromatic amines is 1. The van der Waals surface area contributed by atoms with E-state index in [9.17, 15) is 14.4 Å². The van der Waals surface area contributed by atoms with E-state index in [0.29, 0.717) is 35.9 Å². The molecular weight excluding hydrogens is 450 g/mol. The molecule has 0 bridgehead atoms. The van der Waals surface area contributed by atoms with Crippen molar-refractivity contribution in [2.75, 3.05) is 17.2 Å².